The van der Waals surface area contributed by atoms with Crippen LogP contribution in [0.2, 0.25) is 0 Å². The number of carbonyl (C=O) groups excluding carboxylic acids is 1. The summed E-state index contributed by atoms with van der Waals surface area (Å²) in [7, 11) is 0. The van der Waals surface area contributed by atoms with E-state index in [4.69, 9.17) is 0 Å². The molecule has 1 aromatic heterocycles. The van der Waals surface area contributed by atoms with E-state index in [0.717, 1.165) is 17.3 Å². The number of aryl methyl sites for hydroxylation is 1. The summed E-state index contributed by atoms with van der Waals surface area (Å²) in [6.45, 7) is 2.99. The highest BCUT2D eigenvalue weighted by molar-refractivity contribution is 5.92. The standard InChI is InChI=1S/C16H17F3N4O.ClH/c1-10-8-14(21-15(24)11-6-7-20-9-11)23(22-10)13-5-3-2-4-12(13)16(17,18)19;/h2-5,8,11,20H,6-7,9H2,1H3,(H,21,24);1H. The van der Waals surface area contributed by atoms with Crippen molar-refractivity contribution in [3.63, 3.8) is 0 Å². The molecule has 0 radical (unpaired) electrons. The number of aromatic nitrogens is 2. The minimum absolute atomic E-state index is 0. The molecule has 1 aliphatic heterocycles. The molecule has 1 unspecified atom stereocenters. The lowest BCUT2D eigenvalue weighted by atomic mass is 10.1. The number of benzene rings is 1. The van der Waals surface area contributed by atoms with Crippen LogP contribution in [0, 0.1) is 12.8 Å². The van der Waals surface area contributed by atoms with E-state index < -0.39 is 11.7 Å². The average Bonchev–Trinajstić information content (AvgIpc) is 3.16. The fraction of sp³-hybridized carbons (Fsp3) is 0.375. The third-order valence-corrected chi connectivity index (χ3v) is 3.95. The number of halogens is 4. The van der Waals surface area contributed by atoms with Crippen LogP contribution in [0.25, 0.3) is 5.69 Å². The first-order valence-corrected chi connectivity index (χ1v) is 7.61. The van der Waals surface area contributed by atoms with Gasteiger partial charge in [0, 0.05) is 12.6 Å². The Morgan fingerprint density at radius 2 is 2.08 bits per heavy atom. The zero-order valence-corrected chi connectivity index (χ0v) is 14.2. The minimum atomic E-state index is -4.51. The fourth-order valence-corrected chi connectivity index (χ4v) is 2.78. The first kappa shape index (κ1) is 19.3. The molecule has 3 rings (SSSR count). The number of carbonyl (C=O) groups is 1. The molecule has 1 aliphatic rings. The molecule has 1 aromatic carbocycles. The Hall–Kier alpha value is -2.06. The van der Waals surface area contributed by atoms with Crippen molar-refractivity contribution in [2.45, 2.75) is 19.5 Å². The molecule has 136 valence electrons. The van der Waals surface area contributed by atoms with Gasteiger partial charge in [-0.2, -0.15) is 18.3 Å². The first-order valence-electron chi connectivity index (χ1n) is 7.61. The SMILES string of the molecule is Cc1cc(NC(=O)C2CCNC2)n(-c2ccccc2C(F)(F)F)n1.Cl. The Bertz CT molecular complexity index is 754. The summed E-state index contributed by atoms with van der Waals surface area (Å²) in [5.41, 5.74) is -0.393. The number of hydrogen-bond acceptors (Lipinski definition) is 3. The number of alkyl halides is 3. The number of nitrogens with zero attached hydrogens (tertiary/aromatic N) is 2. The van der Waals surface area contributed by atoms with Gasteiger partial charge in [-0.05, 0) is 32.0 Å². The van der Waals surface area contributed by atoms with Crippen LogP contribution in [-0.2, 0) is 11.0 Å². The molecule has 0 bridgehead atoms. The molecule has 0 saturated carbocycles. The van der Waals surface area contributed by atoms with Crippen LogP contribution in [0.5, 0.6) is 0 Å². The molecule has 2 heterocycles. The summed E-state index contributed by atoms with van der Waals surface area (Å²) in [6, 6.07) is 6.73. The molecule has 2 aromatic rings. The number of rotatable bonds is 3. The van der Waals surface area contributed by atoms with Crippen molar-refractivity contribution in [3.05, 3.63) is 41.6 Å². The van der Waals surface area contributed by atoms with Gasteiger partial charge >= 0.3 is 6.18 Å². The molecule has 1 amide bonds. The molecule has 1 fully saturated rings. The van der Waals surface area contributed by atoms with Gasteiger partial charge in [-0.15, -0.1) is 12.4 Å². The van der Waals surface area contributed by atoms with Gasteiger partial charge in [-0.1, -0.05) is 12.1 Å². The van der Waals surface area contributed by atoms with Crippen molar-refractivity contribution >= 4 is 24.1 Å². The van der Waals surface area contributed by atoms with Gasteiger partial charge in [0.2, 0.25) is 5.91 Å². The minimum Gasteiger partial charge on any atom is -0.316 e. The van der Waals surface area contributed by atoms with Gasteiger partial charge in [0.15, 0.2) is 0 Å². The monoisotopic (exact) mass is 374 g/mol. The van der Waals surface area contributed by atoms with Crippen molar-refractivity contribution in [2.24, 2.45) is 5.92 Å². The number of hydrogen-bond donors (Lipinski definition) is 2. The second kappa shape index (κ2) is 7.45. The maximum absolute atomic E-state index is 13.2. The zero-order chi connectivity index (χ0) is 17.3. The Morgan fingerprint density at radius 3 is 2.72 bits per heavy atom. The van der Waals surface area contributed by atoms with Crippen LogP contribution in [0.4, 0.5) is 19.0 Å². The van der Waals surface area contributed by atoms with E-state index in [9.17, 15) is 18.0 Å². The highest BCUT2D eigenvalue weighted by atomic mass is 35.5. The molecule has 1 saturated heterocycles. The molecular weight excluding hydrogens is 357 g/mol. The molecule has 5 nitrogen and oxygen atoms in total. The number of anilines is 1. The number of nitrogens with one attached hydrogen (secondary N) is 2. The topological polar surface area (TPSA) is 59.0 Å². The molecule has 25 heavy (non-hydrogen) atoms. The van der Waals surface area contributed by atoms with Crippen molar-refractivity contribution in [1.82, 2.24) is 15.1 Å². The maximum atomic E-state index is 13.2. The van der Waals surface area contributed by atoms with Gasteiger partial charge in [-0.3, -0.25) is 4.79 Å². The van der Waals surface area contributed by atoms with Gasteiger partial charge in [0.25, 0.3) is 0 Å². The normalized spacial score (nSPS) is 17.2. The lowest BCUT2D eigenvalue weighted by molar-refractivity contribution is -0.137. The van der Waals surface area contributed by atoms with Crippen LogP contribution in [0.15, 0.2) is 30.3 Å². The highest BCUT2D eigenvalue weighted by Gasteiger charge is 2.34. The Morgan fingerprint density at radius 1 is 1.36 bits per heavy atom. The smallest absolute Gasteiger partial charge is 0.316 e. The van der Waals surface area contributed by atoms with Crippen LogP contribution >= 0.6 is 12.4 Å². The zero-order valence-electron chi connectivity index (χ0n) is 13.4. The van der Waals surface area contributed by atoms with E-state index in [2.05, 4.69) is 15.7 Å². The third kappa shape index (κ3) is 4.13. The van der Waals surface area contributed by atoms with E-state index in [0.29, 0.717) is 18.7 Å². The summed E-state index contributed by atoms with van der Waals surface area (Å²) in [5.74, 6) is -0.168. The fourth-order valence-electron chi connectivity index (χ4n) is 2.78. The molecule has 9 heteroatoms. The summed E-state index contributed by atoms with van der Waals surface area (Å²) in [6.07, 6.45) is -3.80. The van der Waals surface area contributed by atoms with Crippen LogP contribution < -0.4 is 10.6 Å². The number of amides is 1. The molecular formula is C16H18ClF3N4O. The predicted octanol–water partition coefficient (Wildman–Crippen LogP) is 3.17. The van der Waals surface area contributed by atoms with Crippen LogP contribution in [0.3, 0.4) is 0 Å². The van der Waals surface area contributed by atoms with E-state index in [1.807, 2.05) is 0 Å². The van der Waals surface area contributed by atoms with Gasteiger partial charge in [-0.25, -0.2) is 4.68 Å². The van der Waals surface area contributed by atoms with Crippen molar-refractivity contribution in [1.29, 1.82) is 0 Å². The van der Waals surface area contributed by atoms with E-state index >= 15 is 0 Å². The first-order chi connectivity index (χ1) is 11.4. The van der Waals surface area contributed by atoms with Gasteiger partial charge in [0.1, 0.15) is 5.82 Å². The molecule has 2 N–H and O–H groups in total. The van der Waals surface area contributed by atoms with E-state index in [1.54, 1.807) is 13.0 Å². The van der Waals surface area contributed by atoms with Crippen molar-refractivity contribution in [3.8, 4) is 5.69 Å². The summed E-state index contributed by atoms with van der Waals surface area (Å²) in [5, 5.41) is 9.91. The predicted molar refractivity (Wildman–Crippen MR) is 90.2 cm³/mol. The van der Waals surface area contributed by atoms with Crippen molar-refractivity contribution in [2.75, 3.05) is 18.4 Å². The Labute approximate surface area is 149 Å². The summed E-state index contributed by atoms with van der Waals surface area (Å²) < 4.78 is 40.9. The third-order valence-electron chi connectivity index (χ3n) is 3.95. The second-order valence-electron chi connectivity index (χ2n) is 5.78. The van der Waals surface area contributed by atoms with Crippen LogP contribution in [-0.4, -0.2) is 28.8 Å². The van der Waals surface area contributed by atoms with Crippen LogP contribution in [0.1, 0.15) is 17.7 Å². The summed E-state index contributed by atoms with van der Waals surface area (Å²) >= 11 is 0. The Kier molecular flexibility index (Phi) is 5.74. The van der Waals surface area contributed by atoms with E-state index in [-0.39, 0.29) is 35.7 Å². The van der Waals surface area contributed by atoms with E-state index in [1.165, 1.54) is 18.2 Å². The van der Waals surface area contributed by atoms with Crippen molar-refractivity contribution < 1.29 is 18.0 Å². The average molecular weight is 375 g/mol. The maximum Gasteiger partial charge on any atom is 0.418 e. The quantitative estimate of drug-likeness (QED) is 0.867. The lowest BCUT2D eigenvalue weighted by Crippen LogP contribution is -2.26. The Balaban J connectivity index is 0.00000225. The highest BCUT2D eigenvalue weighted by Crippen LogP contribution is 2.34. The van der Waals surface area contributed by atoms with Gasteiger partial charge in [0.05, 0.1) is 22.9 Å². The molecule has 1 atom stereocenters. The largest absolute Gasteiger partial charge is 0.418 e. The molecule has 0 aliphatic carbocycles. The number of para-hydroxylation sites is 1. The molecule has 0 spiro atoms. The lowest BCUT2D eigenvalue weighted by Gasteiger charge is -2.16. The summed E-state index contributed by atoms with van der Waals surface area (Å²) in [4.78, 5) is 12.3. The van der Waals surface area contributed by atoms with Gasteiger partial charge < -0.3 is 10.6 Å². The second-order valence-corrected chi connectivity index (χ2v) is 5.78.